The number of carbonyl (C=O) groups is 2. The van der Waals surface area contributed by atoms with E-state index in [1.54, 1.807) is 11.8 Å². The van der Waals surface area contributed by atoms with Crippen LogP contribution in [0.25, 0.3) is 32.3 Å². The van der Waals surface area contributed by atoms with Gasteiger partial charge in [-0.05, 0) is 32.3 Å². The van der Waals surface area contributed by atoms with Crippen LogP contribution in [0.2, 0.25) is 0 Å². The number of carbonyl (C=O) groups excluding carboxylic acids is 2. The van der Waals surface area contributed by atoms with Crippen LogP contribution in [0, 0.1) is 0 Å². The van der Waals surface area contributed by atoms with Crippen molar-refractivity contribution >= 4 is 55.8 Å². The van der Waals surface area contributed by atoms with Gasteiger partial charge in [-0.1, -0.05) is 54.6 Å². The Balaban J connectivity index is 1.67. The zero-order valence-corrected chi connectivity index (χ0v) is 15.4. The molecule has 4 aromatic carbocycles. The van der Waals surface area contributed by atoms with Gasteiger partial charge in [-0.3, -0.25) is 9.59 Å². The van der Waals surface area contributed by atoms with Crippen LogP contribution in [0.1, 0.15) is 17.3 Å². The maximum Gasteiger partial charge on any atom is 0.216 e. The van der Waals surface area contributed by atoms with Crippen LogP contribution in [0.5, 0.6) is 0 Å². The Morgan fingerprint density at radius 1 is 0.885 bits per heavy atom. The molecule has 0 atom stereocenters. The molecule has 3 nitrogen and oxygen atoms in total. The fourth-order valence-corrected chi connectivity index (χ4v) is 4.25. The van der Waals surface area contributed by atoms with Gasteiger partial charge in [0.15, 0.2) is 5.78 Å². The lowest BCUT2D eigenvalue weighted by atomic mass is 9.91. The third-order valence-corrected chi connectivity index (χ3v) is 5.64. The second-order valence-corrected chi connectivity index (χ2v) is 7.53. The van der Waals surface area contributed by atoms with Crippen molar-refractivity contribution in [1.29, 1.82) is 0 Å². The van der Waals surface area contributed by atoms with E-state index < -0.39 is 0 Å². The Kier molecular flexibility index (Phi) is 4.51. The van der Waals surface area contributed by atoms with Crippen LogP contribution in [0.15, 0.2) is 54.6 Å². The highest BCUT2D eigenvalue weighted by Crippen LogP contribution is 2.36. The Hall–Kier alpha value is -2.59. The normalized spacial score (nSPS) is 11.4. The molecule has 0 heterocycles. The van der Waals surface area contributed by atoms with Crippen molar-refractivity contribution in [2.45, 2.75) is 6.92 Å². The first-order valence-corrected chi connectivity index (χ1v) is 9.82. The molecule has 130 valence electrons. The van der Waals surface area contributed by atoms with E-state index in [4.69, 9.17) is 0 Å². The standard InChI is InChI=1S/C22H19NO2S/c1-14(24)23-11-12-26-13-20(25)18-9-7-17-6-5-15-3-2-4-16-8-10-19(18)22(17)21(15)16/h2-10H,11-13H2,1H3,(H,23,24). The monoisotopic (exact) mass is 361 g/mol. The lowest BCUT2D eigenvalue weighted by molar-refractivity contribution is -0.118. The summed E-state index contributed by atoms with van der Waals surface area (Å²) in [7, 11) is 0. The minimum atomic E-state index is -0.0382. The lowest BCUT2D eigenvalue weighted by Gasteiger charge is -2.13. The fraction of sp³-hybridized carbons (Fsp3) is 0.182. The first kappa shape index (κ1) is 16.9. The molecule has 0 aliphatic rings. The van der Waals surface area contributed by atoms with Crippen molar-refractivity contribution < 1.29 is 9.59 Å². The molecule has 1 amide bonds. The molecule has 0 saturated heterocycles. The van der Waals surface area contributed by atoms with Crippen molar-refractivity contribution in [2.75, 3.05) is 18.1 Å². The van der Waals surface area contributed by atoms with E-state index in [-0.39, 0.29) is 11.7 Å². The smallest absolute Gasteiger partial charge is 0.216 e. The quantitative estimate of drug-likeness (QED) is 0.309. The molecule has 0 aromatic heterocycles. The van der Waals surface area contributed by atoms with Crippen molar-refractivity contribution in [3.8, 4) is 0 Å². The van der Waals surface area contributed by atoms with Gasteiger partial charge in [-0.25, -0.2) is 0 Å². The average Bonchev–Trinajstić information content (AvgIpc) is 2.65. The molecule has 4 heteroatoms. The molecule has 0 saturated carbocycles. The Labute approximate surface area is 156 Å². The number of thioether (sulfide) groups is 1. The van der Waals surface area contributed by atoms with Gasteiger partial charge >= 0.3 is 0 Å². The number of Topliss-reactive ketones (excluding diaryl/α,β-unsaturated/α-hetero) is 1. The van der Waals surface area contributed by atoms with Crippen LogP contribution in [-0.2, 0) is 4.79 Å². The minimum Gasteiger partial charge on any atom is -0.356 e. The van der Waals surface area contributed by atoms with Gasteiger partial charge in [0, 0.05) is 24.8 Å². The molecule has 0 bridgehead atoms. The number of ketones is 1. The van der Waals surface area contributed by atoms with Crippen molar-refractivity contribution in [3.05, 3.63) is 60.2 Å². The van der Waals surface area contributed by atoms with Gasteiger partial charge in [-0.2, -0.15) is 11.8 Å². The van der Waals surface area contributed by atoms with Crippen LogP contribution >= 0.6 is 11.8 Å². The fourth-order valence-electron chi connectivity index (χ4n) is 3.52. The summed E-state index contributed by atoms with van der Waals surface area (Å²) < 4.78 is 0. The summed E-state index contributed by atoms with van der Waals surface area (Å²) in [6.07, 6.45) is 0. The molecule has 1 N–H and O–H groups in total. The number of benzene rings is 4. The summed E-state index contributed by atoms with van der Waals surface area (Å²) in [4.78, 5) is 23.7. The number of hydrogen-bond donors (Lipinski definition) is 1. The van der Waals surface area contributed by atoms with E-state index in [0.717, 1.165) is 16.7 Å². The second-order valence-electron chi connectivity index (χ2n) is 6.43. The van der Waals surface area contributed by atoms with Crippen LogP contribution in [0.3, 0.4) is 0 Å². The van der Waals surface area contributed by atoms with Crippen LogP contribution < -0.4 is 5.32 Å². The first-order chi connectivity index (χ1) is 12.6. The molecular formula is C22H19NO2S. The van der Waals surface area contributed by atoms with E-state index in [0.29, 0.717) is 12.3 Å². The third kappa shape index (κ3) is 3.01. The van der Waals surface area contributed by atoms with Gasteiger partial charge in [0.1, 0.15) is 0 Å². The molecule has 0 radical (unpaired) electrons. The Morgan fingerprint density at radius 2 is 1.54 bits per heavy atom. The number of amides is 1. The molecule has 0 unspecified atom stereocenters. The van der Waals surface area contributed by atoms with E-state index in [9.17, 15) is 9.59 Å². The van der Waals surface area contributed by atoms with Crippen LogP contribution in [-0.4, -0.2) is 29.7 Å². The summed E-state index contributed by atoms with van der Waals surface area (Å²) in [6.45, 7) is 2.09. The highest BCUT2D eigenvalue weighted by Gasteiger charge is 2.14. The largest absolute Gasteiger partial charge is 0.356 e. The lowest BCUT2D eigenvalue weighted by Crippen LogP contribution is -2.22. The predicted molar refractivity (Wildman–Crippen MR) is 110 cm³/mol. The maximum absolute atomic E-state index is 12.8. The average molecular weight is 361 g/mol. The zero-order valence-electron chi connectivity index (χ0n) is 14.5. The Bertz CT molecular complexity index is 1100. The minimum absolute atomic E-state index is 0.0382. The van der Waals surface area contributed by atoms with Gasteiger partial charge in [0.25, 0.3) is 0 Å². The third-order valence-electron chi connectivity index (χ3n) is 4.68. The predicted octanol–water partition coefficient (Wildman–Crippen LogP) is 4.64. The summed E-state index contributed by atoms with van der Waals surface area (Å²) >= 11 is 1.55. The highest BCUT2D eigenvalue weighted by molar-refractivity contribution is 8.00. The zero-order chi connectivity index (χ0) is 18.1. The summed E-state index contributed by atoms with van der Waals surface area (Å²) in [5, 5.41) is 9.76. The summed E-state index contributed by atoms with van der Waals surface area (Å²) in [5.74, 6) is 1.25. The van der Waals surface area contributed by atoms with Gasteiger partial charge in [0.05, 0.1) is 5.75 Å². The summed E-state index contributed by atoms with van der Waals surface area (Å²) in [5.41, 5.74) is 0.780. The number of rotatable bonds is 6. The molecular weight excluding hydrogens is 342 g/mol. The maximum atomic E-state index is 12.8. The molecule has 26 heavy (non-hydrogen) atoms. The molecule has 0 spiro atoms. The molecule has 4 rings (SSSR count). The van der Waals surface area contributed by atoms with Crippen LogP contribution in [0.4, 0.5) is 0 Å². The summed E-state index contributed by atoms with van der Waals surface area (Å²) in [6, 6.07) is 18.7. The highest BCUT2D eigenvalue weighted by atomic mass is 32.2. The van der Waals surface area contributed by atoms with Crippen molar-refractivity contribution in [3.63, 3.8) is 0 Å². The Morgan fingerprint density at radius 3 is 2.27 bits per heavy atom. The molecule has 0 fully saturated rings. The van der Waals surface area contributed by atoms with E-state index in [2.05, 4.69) is 47.8 Å². The van der Waals surface area contributed by atoms with Gasteiger partial charge in [0.2, 0.25) is 5.91 Å². The number of hydrogen-bond acceptors (Lipinski definition) is 3. The van der Waals surface area contributed by atoms with E-state index in [1.807, 2.05) is 12.1 Å². The molecule has 0 aliphatic heterocycles. The topological polar surface area (TPSA) is 46.2 Å². The van der Waals surface area contributed by atoms with E-state index >= 15 is 0 Å². The molecule has 0 aliphatic carbocycles. The van der Waals surface area contributed by atoms with Crippen molar-refractivity contribution in [1.82, 2.24) is 5.32 Å². The number of nitrogens with one attached hydrogen (secondary N) is 1. The van der Waals surface area contributed by atoms with Gasteiger partial charge in [-0.15, -0.1) is 0 Å². The molecule has 4 aromatic rings. The van der Waals surface area contributed by atoms with Crippen molar-refractivity contribution in [2.24, 2.45) is 0 Å². The van der Waals surface area contributed by atoms with E-state index in [1.165, 1.54) is 33.9 Å². The second kappa shape index (κ2) is 6.96. The first-order valence-electron chi connectivity index (χ1n) is 8.67. The SMILES string of the molecule is CC(=O)NCCSCC(=O)c1ccc2ccc3cccc4ccc1c2c34. The van der Waals surface area contributed by atoms with Gasteiger partial charge < -0.3 is 5.32 Å².